The molecule has 0 bridgehead atoms. The van der Waals surface area contributed by atoms with Crippen molar-refractivity contribution in [3.05, 3.63) is 39.4 Å². The first-order valence-corrected chi connectivity index (χ1v) is 5.95. The Hall–Kier alpha value is -2.24. The van der Waals surface area contributed by atoms with Crippen molar-refractivity contribution in [2.75, 3.05) is 0 Å². The van der Waals surface area contributed by atoms with Crippen molar-refractivity contribution in [1.82, 2.24) is 5.32 Å². The van der Waals surface area contributed by atoms with Crippen LogP contribution in [0.4, 0.5) is 5.69 Å². The van der Waals surface area contributed by atoms with E-state index in [1.165, 1.54) is 18.2 Å². The molecular formula is C13H16N2O4. The third-order valence-electron chi connectivity index (χ3n) is 2.85. The summed E-state index contributed by atoms with van der Waals surface area (Å²) in [5.41, 5.74) is 0.550. The summed E-state index contributed by atoms with van der Waals surface area (Å²) < 4.78 is 0. The molecule has 0 aromatic heterocycles. The van der Waals surface area contributed by atoms with E-state index in [0.29, 0.717) is 12.0 Å². The molecule has 1 N–H and O–H groups in total. The van der Waals surface area contributed by atoms with Gasteiger partial charge in [-0.1, -0.05) is 13.0 Å². The predicted molar refractivity (Wildman–Crippen MR) is 70.1 cm³/mol. The Labute approximate surface area is 111 Å². The summed E-state index contributed by atoms with van der Waals surface area (Å²) in [5.74, 6) is -0.577. The molecule has 0 saturated carbocycles. The number of nitrogens with one attached hydrogen (secondary N) is 1. The van der Waals surface area contributed by atoms with E-state index < -0.39 is 16.9 Å². The first-order valence-electron chi connectivity index (χ1n) is 5.95. The van der Waals surface area contributed by atoms with Crippen LogP contribution in [0.25, 0.3) is 0 Å². The van der Waals surface area contributed by atoms with E-state index in [2.05, 4.69) is 5.32 Å². The first kappa shape index (κ1) is 14.8. The maximum atomic E-state index is 11.9. The average molecular weight is 264 g/mol. The van der Waals surface area contributed by atoms with Gasteiger partial charge in [-0.25, -0.2) is 0 Å². The van der Waals surface area contributed by atoms with Gasteiger partial charge in [-0.05, 0) is 19.9 Å². The van der Waals surface area contributed by atoms with Gasteiger partial charge >= 0.3 is 0 Å². The minimum Gasteiger partial charge on any atom is -0.343 e. The highest BCUT2D eigenvalue weighted by atomic mass is 16.6. The van der Waals surface area contributed by atoms with Gasteiger partial charge in [-0.3, -0.25) is 19.7 Å². The van der Waals surface area contributed by atoms with Crippen LogP contribution < -0.4 is 5.32 Å². The van der Waals surface area contributed by atoms with Crippen molar-refractivity contribution in [3.8, 4) is 0 Å². The number of benzene rings is 1. The van der Waals surface area contributed by atoms with Crippen LogP contribution in [0.1, 0.15) is 36.2 Å². The van der Waals surface area contributed by atoms with E-state index in [4.69, 9.17) is 0 Å². The lowest BCUT2D eigenvalue weighted by Gasteiger charge is -2.11. The number of Topliss-reactive ketones (excluding diaryl/α,β-unsaturated/α-hetero) is 1. The average Bonchev–Trinajstić information content (AvgIpc) is 2.37. The van der Waals surface area contributed by atoms with Crippen molar-refractivity contribution in [2.45, 2.75) is 33.2 Å². The number of carbonyl (C=O) groups excluding carboxylic acids is 2. The first-order chi connectivity index (χ1) is 8.86. The minimum atomic E-state index is -0.599. The summed E-state index contributed by atoms with van der Waals surface area (Å²) in [6.07, 6.45) is 0.329. The summed E-state index contributed by atoms with van der Waals surface area (Å²) in [6, 6.07) is 3.63. The molecule has 0 aliphatic heterocycles. The molecule has 1 aromatic carbocycles. The lowest BCUT2D eigenvalue weighted by atomic mass is 10.1. The number of hydrogen-bond acceptors (Lipinski definition) is 4. The fourth-order valence-corrected chi connectivity index (χ4v) is 1.61. The van der Waals surface area contributed by atoms with Crippen LogP contribution in [0.15, 0.2) is 18.2 Å². The summed E-state index contributed by atoms with van der Waals surface area (Å²) in [4.78, 5) is 33.5. The van der Waals surface area contributed by atoms with Crippen molar-refractivity contribution < 1.29 is 14.5 Å². The molecule has 1 rings (SSSR count). The molecule has 0 aliphatic rings. The van der Waals surface area contributed by atoms with E-state index in [-0.39, 0.29) is 17.0 Å². The summed E-state index contributed by atoms with van der Waals surface area (Å²) in [7, 11) is 0. The highest BCUT2D eigenvalue weighted by Crippen LogP contribution is 2.19. The lowest BCUT2D eigenvalue weighted by Crippen LogP contribution is -2.38. The molecule has 1 aromatic rings. The van der Waals surface area contributed by atoms with Crippen molar-refractivity contribution >= 4 is 17.4 Å². The van der Waals surface area contributed by atoms with Gasteiger partial charge in [0.15, 0.2) is 5.78 Å². The summed E-state index contributed by atoms with van der Waals surface area (Å²) in [6.45, 7) is 4.90. The number of ketones is 1. The molecule has 0 saturated heterocycles. The Morgan fingerprint density at radius 1 is 1.42 bits per heavy atom. The minimum absolute atomic E-state index is 0.0880. The largest absolute Gasteiger partial charge is 0.343 e. The molecule has 102 valence electrons. The van der Waals surface area contributed by atoms with Gasteiger partial charge in [-0.2, -0.15) is 0 Å². The van der Waals surface area contributed by atoms with Gasteiger partial charge in [0.2, 0.25) is 0 Å². The van der Waals surface area contributed by atoms with Gasteiger partial charge < -0.3 is 5.32 Å². The number of rotatable bonds is 5. The SMILES string of the molecule is CCC(=O)C(C)NC(=O)c1ccc(C)c([N+](=O)[O-])c1. The summed E-state index contributed by atoms with van der Waals surface area (Å²) >= 11 is 0. The molecular weight excluding hydrogens is 248 g/mol. The fraction of sp³-hybridized carbons (Fsp3) is 0.385. The zero-order chi connectivity index (χ0) is 14.6. The zero-order valence-electron chi connectivity index (χ0n) is 11.1. The molecule has 1 atom stereocenters. The van der Waals surface area contributed by atoms with Crippen LogP contribution in [0.3, 0.4) is 0 Å². The molecule has 19 heavy (non-hydrogen) atoms. The van der Waals surface area contributed by atoms with Gasteiger partial charge in [0.1, 0.15) is 0 Å². The Morgan fingerprint density at radius 3 is 2.58 bits per heavy atom. The van der Waals surface area contributed by atoms with Crippen LogP contribution in [0.5, 0.6) is 0 Å². The number of nitro benzene ring substituents is 1. The normalized spacial score (nSPS) is 11.7. The number of aryl methyl sites for hydroxylation is 1. The molecule has 1 amide bonds. The van der Waals surface area contributed by atoms with E-state index in [1.807, 2.05) is 0 Å². The van der Waals surface area contributed by atoms with Gasteiger partial charge in [0.25, 0.3) is 11.6 Å². The monoisotopic (exact) mass is 264 g/mol. The lowest BCUT2D eigenvalue weighted by molar-refractivity contribution is -0.385. The molecule has 0 radical (unpaired) electrons. The second-order valence-electron chi connectivity index (χ2n) is 4.27. The predicted octanol–water partition coefficient (Wildman–Crippen LogP) is 2.00. The van der Waals surface area contributed by atoms with E-state index in [9.17, 15) is 19.7 Å². The van der Waals surface area contributed by atoms with Gasteiger partial charge in [-0.15, -0.1) is 0 Å². The molecule has 0 heterocycles. The fourth-order valence-electron chi connectivity index (χ4n) is 1.61. The Bertz CT molecular complexity index is 525. The van der Waals surface area contributed by atoms with E-state index in [1.54, 1.807) is 20.8 Å². The Balaban J connectivity index is 2.92. The molecule has 0 aliphatic carbocycles. The van der Waals surface area contributed by atoms with Crippen LogP contribution in [0, 0.1) is 17.0 Å². The van der Waals surface area contributed by atoms with Crippen LogP contribution in [-0.2, 0) is 4.79 Å². The number of nitro groups is 1. The van der Waals surface area contributed by atoms with Crippen molar-refractivity contribution in [1.29, 1.82) is 0 Å². The molecule has 1 unspecified atom stereocenters. The highest BCUT2D eigenvalue weighted by molar-refractivity contribution is 5.98. The third-order valence-corrected chi connectivity index (χ3v) is 2.85. The zero-order valence-corrected chi connectivity index (χ0v) is 11.1. The molecule has 6 heteroatoms. The molecule has 0 spiro atoms. The second-order valence-corrected chi connectivity index (χ2v) is 4.27. The third kappa shape index (κ3) is 3.61. The maximum Gasteiger partial charge on any atom is 0.273 e. The second kappa shape index (κ2) is 6.08. The molecule has 6 nitrogen and oxygen atoms in total. The van der Waals surface area contributed by atoms with Crippen molar-refractivity contribution in [3.63, 3.8) is 0 Å². The quantitative estimate of drug-likeness (QED) is 0.650. The van der Waals surface area contributed by atoms with Gasteiger partial charge in [0.05, 0.1) is 11.0 Å². The number of carbonyl (C=O) groups is 2. The smallest absolute Gasteiger partial charge is 0.273 e. The van der Waals surface area contributed by atoms with Crippen LogP contribution in [-0.4, -0.2) is 22.7 Å². The van der Waals surface area contributed by atoms with Crippen LogP contribution >= 0.6 is 0 Å². The standard InChI is InChI=1S/C13H16N2O4/c1-4-12(16)9(3)14-13(17)10-6-5-8(2)11(7-10)15(18)19/h5-7,9H,4H2,1-3H3,(H,14,17). The van der Waals surface area contributed by atoms with E-state index >= 15 is 0 Å². The van der Waals surface area contributed by atoms with Crippen molar-refractivity contribution in [2.24, 2.45) is 0 Å². The highest BCUT2D eigenvalue weighted by Gasteiger charge is 2.18. The van der Waals surface area contributed by atoms with Gasteiger partial charge in [0, 0.05) is 23.6 Å². The number of nitrogens with zero attached hydrogens (tertiary/aromatic N) is 1. The number of hydrogen-bond donors (Lipinski definition) is 1. The maximum absolute atomic E-state index is 11.9. The Kier molecular flexibility index (Phi) is 4.74. The van der Waals surface area contributed by atoms with Crippen LogP contribution in [0.2, 0.25) is 0 Å². The summed E-state index contributed by atoms with van der Waals surface area (Å²) in [5, 5.41) is 13.3. The topological polar surface area (TPSA) is 89.3 Å². The van der Waals surface area contributed by atoms with E-state index in [0.717, 1.165) is 0 Å². The number of amides is 1. The Morgan fingerprint density at radius 2 is 2.05 bits per heavy atom. The molecule has 0 fully saturated rings.